The molecule has 0 saturated carbocycles. The van der Waals surface area contributed by atoms with Gasteiger partial charge in [-0.25, -0.2) is 9.97 Å². The van der Waals surface area contributed by atoms with Gasteiger partial charge in [0.05, 0.1) is 0 Å². The van der Waals surface area contributed by atoms with Gasteiger partial charge in [0.15, 0.2) is 0 Å². The number of aromatic nitrogens is 2. The summed E-state index contributed by atoms with van der Waals surface area (Å²) in [5.74, 6) is 0.0166. The molecule has 98 valence electrons. The summed E-state index contributed by atoms with van der Waals surface area (Å²) in [4.78, 5) is 19.8. The molecule has 0 bridgehead atoms. The van der Waals surface area contributed by atoms with Gasteiger partial charge >= 0.3 is 0 Å². The molecule has 1 aromatic carbocycles. The average molecular weight is 296 g/mol. The lowest BCUT2D eigenvalue weighted by molar-refractivity contribution is 0.102. The van der Waals surface area contributed by atoms with E-state index in [1.165, 1.54) is 6.07 Å². The minimum Gasteiger partial charge on any atom is -0.306 e. The molecule has 0 atom stereocenters. The van der Waals surface area contributed by atoms with Gasteiger partial charge in [-0.2, -0.15) is 0 Å². The average Bonchev–Trinajstić information content (AvgIpc) is 2.30. The van der Waals surface area contributed by atoms with Gasteiger partial charge in [0, 0.05) is 11.6 Å². The number of hydrogen-bond acceptors (Lipinski definition) is 3. The van der Waals surface area contributed by atoms with Crippen LogP contribution in [-0.2, 0) is 0 Å². The van der Waals surface area contributed by atoms with E-state index in [0.717, 1.165) is 11.1 Å². The van der Waals surface area contributed by atoms with Crippen LogP contribution in [0, 0.1) is 13.8 Å². The van der Waals surface area contributed by atoms with Gasteiger partial charge < -0.3 is 5.32 Å². The molecule has 0 spiro atoms. The normalized spacial score (nSPS) is 10.3. The first-order chi connectivity index (χ1) is 8.95. The van der Waals surface area contributed by atoms with Crippen molar-refractivity contribution >= 4 is 34.9 Å². The molecule has 1 aromatic heterocycles. The number of anilines is 1. The smallest absolute Gasteiger partial charge is 0.257 e. The molecule has 0 radical (unpaired) electrons. The lowest BCUT2D eigenvalue weighted by atomic mass is 10.1. The Bertz CT molecular complexity index is 624. The molecule has 4 nitrogen and oxygen atoms in total. The molecule has 0 aliphatic rings. The predicted molar refractivity (Wildman–Crippen MR) is 75.9 cm³/mol. The predicted octanol–water partition coefficient (Wildman–Crippen LogP) is 3.65. The highest BCUT2D eigenvalue weighted by molar-refractivity contribution is 6.32. The van der Waals surface area contributed by atoms with Crippen LogP contribution in [0.2, 0.25) is 10.4 Å². The highest BCUT2D eigenvalue weighted by Gasteiger charge is 2.11. The fourth-order valence-corrected chi connectivity index (χ4v) is 2.03. The van der Waals surface area contributed by atoms with Gasteiger partial charge in [-0.3, -0.25) is 4.79 Å². The molecule has 2 aromatic rings. The summed E-state index contributed by atoms with van der Waals surface area (Å²) in [5, 5.41) is 2.82. The third-order valence-corrected chi connectivity index (χ3v) is 2.91. The van der Waals surface area contributed by atoms with E-state index in [0.29, 0.717) is 5.56 Å². The Hall–Kier alpha value is -1.65. The number of benzene rings is 1. The van der Waals surface area contributed by atoms with Gasteiger partial charge in [-0.05, 0) is 37.1 Å². The van der Waals surface area contributed by atoms with Gasteiger partial charge in [0.25, 0.3) is 5.91 Å². The minimum absolute atomic E-state index is 0.0104. The molecule has 0 saturated heterocycles. The lowest BCUT2D eigenvalue weighted by Gasteiger charge is -2.08. The molecule has 0 unspecified atom stereocenters. The Morgan fingerprint density at radius 2 is 1.89 bits per heavy atom. The monoisotopic (exact) mass is 295 g/mol. The Morgan fingerprint density at radius 3 is 2.58 bits per heavy atom. The van der Waals surface area contributed by atoms with Crippen molar-refractivity contribution in [1.82, 2.24) is 9.97 Å². The van der Waals surface area contributed by atoms with Crippen molar-refractivity contribution in [2.45, 2.75) is 13.8 Å². The zero-order chi connectivity index (χ0) is 14.0. The summed E-state index contributed by atoms with van der Waals surface area (Å²) in [6.07, 6.45) is 0. The lowest BCUT2D eigenvalue weighted by Crippen LogP contribution is -2.14. The van der Waals surface area contributed by atoms with Crippen molar-refractivity contribution < 1.29 is 4.79 Å². The Labute approximate surface area is 120 Å². The van der Waals surface area contributed by atoms with Crippen LogP contribution in [-0.4, -0.2) is 15.9 Å². The van der Waals surface area contributed by atoms with Crippen molar-refractivity contribution in [3.63, 3.8) is 0 Å². The van der Waals surface area contributed by atoms with E-state index >= 15 is 0 Å². The summed E-state index contributed by atoms with van der Waals surface area (Å²) in [6, 6.07) is 7.10. The van der Waals surface area contributed by atoms with E-state index < -0.39 is 0 Å². The Morgan fingerprint density at radius 1 is 1.16 bits per heavy atom. The van der Waals surface area contributed by atoms with E-state index in [1.54, 1.807) is 0 Å². The van der Waals surface area contributed by atoms with Crippen LogP contribution >= 0.6 is 23.2 Å². The maximum absolute atomic E-state index is 12.2. The van der Waals surface area contributed by atoms with E-state index in [2.05, 4.69) is 15.3 Å². The number of carbonyl (C=O) groups excluding carboxylic acids is 1. The van der Waals surface area contributed by atoms with Crippen LogP contribution in [0.25, 0.3) is 0 Å². The molecule has 6 heteroatoms. The van der Waals surface area contributed by atoms with Crippen molar-refractivity contribution in [3.8, 4) is 0 Å². The third-order valence-electron chi connectivity index (χ3n) is 2.55. The quantitative estimate of drug-likeness (QED) is 0.679. The summed E-state index contributed by atoms with van der Waals surface area (Å²) in [5.41, 5.74) is 2.48. The van der Waals surface area contributed by atoms with Crippen LogP contribution in [0.1, 0.15) is 21.5 Å². The van der Waals surface area contributed by atoms with Gasteiger partial charge in [0.1, 0.15) is 11.0 Å². The summed E-state index contributed by atoms with van der Waals surface area (Å²) in [7, 11) is 0. The molecule has 0 aliphatic carbocycles. The molecule has 2 rings (SSSR count). The number of rotatable bonds is 2. The summed E-state index contributed by atoms with van der Waals surface area (Å²) in [6.45, 7) is 3.79. The van der Waals surface area contributed by atoms with Crippen molar-refractivity contribution in [2.75, 3.05) is 5.32 Å². The molecular weight excluding hydrogens is 285 g/mol. The first-order valence-corrected chi connectivity index (χ1v) is 6.30. The zero-order valence-electron chi connectivity index (χ0n) is 10.4. The van der Waals surface area contributed by atoms with Crippen molar-refractivity contribution in [2.24, 2.45) is 0 Å². The van der Waals surface area contributed by atoms with E-state index in [-0.39, 0.29) is 22.2 Å². The van der Waals surface area contributed by atoms with Crippen LogP contribution in [0.3, 0.4) is 0 Å². The van der Waals surface area contributed by atoms with E-state index in [4.69, 9.17) is 23.2 Å². The first kappa shape index (κ1) is 13.8. The minimum atomic E-state index is -0.257. The number of halogens is 2. The molecule has 1 amide bonds. The van der Waals surface area contributed by atoms with E-state index in [9.17, 15) is 4.79 Å². The van der Waals surface area contributed by atoms with Crippen LogP contribution in [0.5, 0.6) is 0 Å². The van der Waals surface area contributed by atoms with Gasteiger partial charge in [-0.1, -0.05) is 29.3 Å². The second-order valence-electron chi connectivity index (χ2n) is 4.12. The summed E-state index contributed by atoms with van der Waals surface area (Å²) < 4.78 is 0. The standard InChI is InChI=1S/C13H11Cl2N3O/c1-7-3-4-8(2)9(5-7)12(19)17-11-6-10(14)16-13(15)18-11/h3-6H,1-2H3,(H,16,17,18,19). The SMILES string of the molecule is Cc1ccc(C)c(C(=O)Nc2cc(Cl)nc(Cl)n2)c1. The topological polar surface area (TPSA) is 54.9 Å². The highest BCUT2D eigenvalue weighted by Crippen LogP contribution is 2.17. The van der Waals surface area contributed by atoms with Crippen molar-refractivity contribution in [3.05, 3.63) is 51.4 Å². The van der Waals surface area contributed by atoms with E-state index in [1.807, 2.05) is 32.0 Å². The molecule has 1 heterocycles. The summed E-state index contributed by atoms with van der Waals surface area (Å²) >= 11 is 11.4. The molecular formula is C13H11Cl2N3O. The van der Waals surface area contributed by atoms with Crippen LogP contribution in [0.15, 0.2) is 24.3 Å². The largest absolute Gasteiger partial charge is 0.306 e. The highest BCUT2D eigenvalue weighted by atomic mass is 35.5. The molecule has 0 aliphatic heterocycles. The number of amides is 1. The second kappa shape index (κ2) is 5.55. The Balaban J connectivity index is 2.28. The third kappa shape index (κ3) is 3.43. The number of hydrogen-bond donors (Lipinski definition) is 1. The van der Waals surface area contributed by atoms with Crippen LogP contribution < -0.4 is 5.32 Å². The van der Waals surface area contributed by atoms with Gasteiger partial charge in [-0.15, -0.1) is 0 Å². The fourth-order valence-electron chi connectivity index (χ4n) is 1.62. The van der Waals surface area contributed by atoms with Crippen LogP contribution in [0.4, 0.5) is 5.82 Å². The maximum atomic E-state index is 12.2. The fraction of sp³-hybridized carbons (Fsp3) is 0.154. The van der Waals surface area contributed by atoms with Gasteiger partial charge in [0.2, 0.25) is 5.28 Å². The number of nitrogens with zero attached hydrogens (tertiary/aromatic N) is 2. The number of aryl methyl sites for hydroxylation is 2. The first-order valence-electron chi connectivity index (χ1n) is 5.54. The molecule has 0 fully saturated rings. The number of carbonyl (C=O) groups is 1. The van der Waals surface area contributed by atoms with Crippen molar-refractivity contribution in [1.29, 1.82) is 0 Å². The number of nitrogens with one attached hydrogen (secondary N) is 1. The Kier molecular flexibility index (Phi) is 4.02. The zero-order valence-corrected chi connectivity index (χ0v) is 11.9. The molecule has 19 heavy (non-hydrogen) atoms. The maximum Gasteiger partial charge on any atom is 0.257 e. The molecule has 1 N–H and O–H groups in total. The second-order valence-corrected chi connectivity index (χ2v) is 4.84.